The number of anilines is 1. The number of piperazine rings is 1. The van der Waals surface area contributed by atoms with Gasteiger partial charge in [-0.3, -0.25) is 0 Å². The number of para-hydroxylation sites is 2. The number of ether oxygens (including phenoxy) is 2. The van der Waals surface area contributed by atoms with Gasteiger partial charge in [-0.15, -0.1) is 0 Å². The maximum atomic E-state index is 13.3. The number of benzene rings is 2. The fourth-order valence-corrected chi connectivity index (χ4v) is 5.16. The van der Waals surface area contributed by atoms with Crippen LogP contribution < -0.4 is 14.4 Å². The number of rotatable bonds is 6. The molecule has 0 saturated carbocycles. The Bertz CT molecular complexity index is 1110. The molecule has 30 heavy (non-hydrogen) atoms. The smallest absolute Gasteiger partial charge is 0.246 e. The van der Waals surface area contributed by atoms with Gasteiger partial charge < -0.3 is 18.9 Å². The molecule has 0 spiro atoms. The molecule has 2 heterocycles. The number of hydrogen-bond donors (Lipinski definition) is 0. The van der Waals surface area contributed by atoms with Crippen molar-refractivity contribution in [3.63, 3.8) is 0 Å². The van der Waals surface area contributed by atoms with Crippen LogP contribution in [-0.2, 0) is 10.0 Å². The first kappa shape index (κ1) is 20.2. The molecule has 1 aromatic heterocycles. The van der Waals surface area contributed by atoms with Gasteiger partial charge in [0.25, 0.3) is 0 Å². The highest BCUT2D eigenvalue weighted by atomic mass is 32.2. The molecule has 0 N–H and O–H groups in total. The average Bonchev–Trinajstić information content (AvgIpc) is 3.33. The van der Waals surface area contributed by atoms with Crippen LogP contribution in [0.5, 0.6) is 11.5 Å². The maximum Gasteiger partial charge on any atom is 0.246 e. The lowest BCUT2D eigenvalue weighted by Gasteiger charge is -2.36. The molecule has 0 bridgehead atoms. The van der Waals surface area contributed by atoms with Crippen LogP contribution in [0.1, 0.15) is 0 Å². The zero-order chi connectivity index (χ0) is 21.1. The van der Waals surface area contributed by atoms with Crippen LogP contribution in [0.25, 0.3) is 11.3 Å². The molecule has 0 aliphatic carbocycles. The predicted octanol–water partition coefficient (Wildman–Crippen LogP) is 2.87. The minimum absolute atomic E-state index is 0.138. The molecule has 2 aromatic carbocycles. The van der Waals surface area contributed by atoms with Gasteiger partial charge in [-0.25, -0.2) is 8.42 Å². The molecule has 4 rings (SSSR count). The Hall–Kier alpha value is -3.04. The first-order chi connectivity index (χ1) is 14.5. The summed E-state index contributed by atoms with van der Waals surface area (Å²) < 4.78 is 44.1. The molecule has 8 nitrogen and oxygen atoms in total. The van der Waals surface area contributed by atoms with Crippen LogP contribution in [0.3, 0.4) is 0 Å². The molecule has 1 aliphatic rings. The summed E-state index contributed by atoms with van der Waals surface area (Å²) in [4.78, 5) is 2.27. The van der Waals surface area contributed by atoms with E-state index >= 15 is 0 Å². The summed E-state index contributed by atoms with van der Waals surface area (Å²) >= 11 is 0. The van der Waals surface area contributed by atoms with Gasteiger partial charge in [0.15, 0.2) is 5.76 Å². The van der Waals surface area contributed by atoms with E-state index in [9.17, 15) is 8.42 Å². The van der Waals surface area contributed by atoms with Crippen molar-refractivity contribution in [3.8, 4) is 22.8 Å². The molecule has 1 aliphatic heterocycles. The molecule has 1 saturated heterocycles. The van der Waals surface area contributed by atoms with Gasteiger partial charge in [-0.1, -0.05) is 17.3 Å². The largest absolute Gasteiger partial charge is 0.495 e. The number of hydrogen-bond acceptors (Lipinski definition) is 7. The average molecular weight is 429 g/mol. The molecule has 0 atom stereocenters. The summed E-state index contributed by atoms with van der Waals surface area (Å²) in [7, 11) is -0.618. The molecule has 0 radical (unpaired) electrons. The maximum absolute atomic E-state index is 13.3. The summed E-state index contributed by atoms with van der Waals surface area (Å²) in [5.41, 5.74) is 1.66. The van der Waals surface area contributed by atoms with E-state index in [1.165, 1.54) is 17.6 Å². The minimum Gasteiger partial charge on any atom is -0.495 e. The second-order valence-electron chi connectivity index (χ2n) is 6.81. The highest BCUT2D eigenvalue weighted by Gasteiger charge is 2.31. The van der Waals surface area contributed by atoms with Crippen LogP contribution in [0.2, 0.25) is 0 Å². The summed E-state index contributed by atoms with van der Waals surface area (Å²) in [6.07, 6.45) is 1.54. The van der Waals surface area contributed by atoms with Crippen molar-refractivity contribution in [1.82, 2.24) is 9.46 Å². The highest BCUT2D eigenvalue weighted by molar-refractivity contribution is 7.89. The summed E-state index contributed by atoms with van der Waals surface area (Å²) in [5, 5.41) is 3.69. The van der Waals surface area contributed by atoms with Crippen molar-refractivity contribution in [2.75, 3.05) is 45.3 Å². The standard InChI is InChI=1S/C21H23N3O5S/c1-27-19-6-4-3-5-17(19)23-11-13-24(14-12-23)30(25,26)21-8-7-16(15-20(21)28-2)18-9-10-22-29-18/h3-10,15H,11-14H2,1-2H3. The number of methoxy groups -OCH3 is 2. The molecule has 158 valence electrons. The van der Waals surface area contributed by atoms with Gasteiger partial charge >= 0.3 is 0 Å². The Labute approximate surface area is 175 Å². The van der Waals surface area contributed by atoms with Crippen molar-refractivity contribution >= 4 is 15.7 Å². The van der Waals surface area contributed by atoms with E-state index in [1.807, 2.05) is 24.3 Å². The Kier molecular flexibility index (Phi) is 5.65. The number of aromatic nitrogens is 1. The zero-order valence-corrected chi connectivity index (χ0v) is 17.6. The normalized spacial score (nSPS) is 15.2. The third-order valence-corrected chi connectivity index (χ3v) is 7.11. The van der Waals surface area contributed by atoms with Crippen LogP contribution >= 0.6 is 0 Å². The van der Waals surface area contributed by atoms with Gasteiger partial charge in [-0.05, 0) is 30.3 Å². The molecule has 3 aromatic rings. The first-order valence-electron chi connectivity index (χ1n) is 9.52. The lowest BCUT2D eigenvalue weighted by Crippen LogP contribution is -2.48. The Morgan fingerprint density at radius 3 is 2.33 bits per heavy atom. The molecule has 1 fully saturated rings. The van der Waals surface area contributed by atoms with E-state index in [0.717, 1.165) is 11.4 Å². The van der Waals surface area contributed by atoms with Crippen molar-refractivity contribution < 1.29 is 22.4 Å². The van der Waals surface area contributed by atoms with Gasteiger partial charge in [-0.2, -0.15) is 4.31 Å². The quantitative estimate of drug-likeness (QED) is 0.596. The SMILES string of the molecule is COc1ccccc1N1CCN(S(=O)(=O)c2ccc(-c3ccno3)cc2OC)CC1. The number of sulfonamides is 1. The molecular formula is C21H23N3O5S. The summed E-state index contributed by atoms with van der Waals surface area (Å²) in [6.45, 7) is 1.87. The highest BCUT2D eigenvalue weighted by Crippen LogP contribution is 2.33. The first-order valence-corrected chi connectivity index (χ1v) is 11.0. The van der Waals surface area contributed by atoms with Crippen molar-refractivity contribution in [1.29, 1.82) is 0 Å². The predicted molar refractivity (Wildman–Crippen MR) is 112 cm³/mol. The van der Waals surface area contributed by atoms with E-state index in [2.05, 4.69) is 10.1 Å². The Balaban J connectivity index is 1.55. The fraction of sp³-hybridized carbons (Fsp3) is 0.286. The monoisotopic (exact) mass is 429 g/mol. The van der Waals surface area contributed by atoms with Crippen LogP contribution in [-0.4, -0.2) is 58.3 Å². The van der Waals surface area contributed by atoms with Crippen molar-refractivity contribution in [3.05, 3.63) is 54.7 Å². The summed E-state index contributed by atoms with van der Waals surface area (Å²) in [6, 6.07) is 14.4. The van der Waals surface area contributed by atoms with Gasteiger partial charge in [0.1, 0.15) is 16.4 Å². The third kappa shape index (κ3) is 3.73. The van der Waals surface area contributed by atoms with E-state index in [1.54, 1.807) is 31.4 Å². The zero-order valence-electron chi connectivity index (χ0n) is 16.8. The second-order valence-corrected chi connectivity index (χ2v) is 8.71. The topological polar surface area (TPSA) is 85.1 Å². The minimum atomic E-state index is -3.71. The molecular weight excluding hydrogens is 406 g/mol. The van der Waals surface area contributed by atoms with Crippen molar-refractivity contribution in [2.24, 2.45) is 0 Å². The molecule has 9 heteroatoms. The van der Waals surface area contributed by atoms with Gasteiger partial charge in [0.05, 0.1) is 26.1 Å². The lowest BCUT2D eigenvalue weighted by atomic mass is 10.1. The summed E-state index contributed by atoms with van der Waals surface area (Å²) in [5.74, 6) is 1.59. The van der Waals surface area contributed by atoms with E-state index in [0.29, 0.717) is 37.5 Å². The van der Waals surface area contributed by atoms with E-state index < -0.39 is 10.0 Å². The lowest BCUT2D eigenvalue weighted by molar-refractivity contribution is 0.370. The van der Waals surface area contributed by atoms with Crippen LogP contribution in [0, 0.1) is 0 Å². The fourth-order valence-electron chi connectivity index (χ4n) is 3.60. The molecule has 0 unspecified atom stereocenters. The Morgan fingerprint density at radius 2 is 1.67 bits per heavy atom. The van der Waals surface area contributed by atoms with Crippen molar-refractivity contribution in [2.45, 2.75) is 4.90 Å². The third-order valence-electron chi connectivity index (χ3n) is 5.17. The van der Waals surface area contributed by atoms with E-state index in [4.69, 9.17) is 14.0 Å². The van der Waals surface area contributed by atoms with Gasteiger partial charge in [0, 0.05) is 37.8 Å². The molecule has 0 amide bonds. The van der Waals surface area contributed by atoms with Crippen LogP contribution in [0.15, 0.2) is 64.1 Å². The van der Waals surface area contributed by atoms with Gasteiger partial charge in [0.2, 0.25) is 10.0 Å². The Morgan fingerprint density at radius 1 is 0.933 bits per heavy atom. The van der Waals surface area contributed by atoms with Crippen LogP contribution in [0.4, 0.5) is 5.69 Å². The van der Waals surface area contributed by atoms with E-state index in [-0.39, 0.29) is 10.6 Å². The number of nitrogens with zero attached hydrogens (tertiary/aromatic N) is 3. The second kappa shape index (κ2) is 8.37.